The van der Waals surface area contributed by atoms with E-state index in [1.165, 1.54) is 0 Å². The zero-order valence-electron chi connectivity index (χ0n) is 13.8. The second kappa shape index (κ2) is 6.56. The van der Waals surface area contributed by atoms with Crippen LogP contribution in [-0.4, -0.2) is 33.3 Å². The van der Waals surface area contributed by atoms with Crippen molar-refractivity contribution in [2.75, 3.05) is 6.54 Å². The summed E-state index contributed by atoms with van der Waals surface area (Å²) in [4.78, 5) is 30.0. The number of halogens is 1. The standard InChI is InChI=1S/C20H15ClN2O3/c21-16-9-13(8-7-12-5-6-12)10-22-18(16)17(24)11-23-19(25)14-3-1-2-4-15(14)20(23)26/h1-4,9-10,12,17,24H,5-6,11H2. The largest absolute Gasteiger partial charge is 0.385 e. The molecule has 6 heteroatoms. The number of carbonyl (C=O) groups is 2. The van der Waals surface area contributed by atoms with Gasteiger partial charge in [0.25, 0.3) is 11.8 Å². The van der Waals surface area contributed by atoms with Crippen LogP contribution in [0, 0.1) is 17.8 Å². The van der Waals surface area contributed by atoms with Crippen molar-refractivity contribution >= 4 is 23.4 Å². The molecule has 0 spiro atoms. The molecule has 1 N–H and O–H groups in total. The van der Waals surface area contributed by atoms with Crippen LogP contribution in [0.15, 0.2) is 36.5 Å². The van der Waals surface area contributed by atoms with E-state index < -0.39 is 17.9 Å². The molecule has 2 aromatic rings. The number of fused-ring (bicyclic) bond motifs is 1. The fourth-order valence-corrected chi connectivity index (χ4v) is 3.13. The fourth-order valence-electron chi connectivity index (χ4n) is 2.84. The topological polar surface area (TPSA) is 70.5 Å². The Morgan fingerprint density at radius 2 is 1.88 bits per heavy atom. The Hall–Kier alpha value is -2.68. The van der Waals surface area contributed by atoms with Gasteiger partial charge in [-0.15, -0.1) is 0 Å². The Bertz CT molecular complexity index is 938. The lowest BCUT2D eigenvalue weighted by molar-refractivity contribution is 0.0538. The fraction of sp³-hybridized carbons (Fsp3) is 0.250. The average Bonchev–Trinajstić information content (AvgIpc) is 3.44. The van der Waals surface area contributed by atoms with E-state index >= 15 is 0 Å². The Balaban J connectivity index is 1.52. The van der Waals surface area contributed by atoms with Crippen LogP contribution in [0.25, 0.3) is 0 Å². The summed E-state index contributed by atoms with van der Waals surface area (Å²) in [7, 11) is 0. The molecule has 1 atom stereocenters. The highest BCUT2D eigenvalue weighted by molar-refractivity contribution is 6.31. The normalized spacial score (nSPS) is 16.9. The van der Waals surface area contributed by atoms with E-state index in [1.54, 1.807) is 36.5 Å². The van der Waals surface area contributed by atoms with Crippen molar-refractivity contribution < 1.29 is 14.7 Å². The summed E-state index contributed by atoms with van der Waals surface area (Å²) in [5.41, 5.74) is 1.59. The minimum absolute atomic E-state index is 0.202. The molecule has 26 heavy (non-hydrogen) atoms. The lowest BCUT2D eigenvalue weighted by Gasteiger charge is -2.18. The molecule has 0 radical (unpaired) electrons. The van der Waals surface area contributed by atoms with Crippen LogP contribution in [0.1, 0.15) is 50.9 Å². The first kappa shape index (κ1) is 16.8. The minimum atomic E-state index is -1.17. The molecular formula is C20H15ClN2O3. The van der Waals surface area contributed by atoms with Gasteiger partial charge in [-0.1, -0.05) is 35.6 Å². The van der Waals surface area contributed by atoms with Gasteiger partial charge < -0.3 is 5.11 Å². The van der Waals surface area contributed by atoms with Gasteiger partial charge in [-0.25, -0.2) is 0 Å². The molecule has 0 saturated heterocycles. The Morgan fingerprint density at radius 1 is 1.23 bits per heavy atom. The monoisotopic (exact) mass is 366 g/mol. The van der Waals surface area contributed by atoms with Crippen molar-refractivity contribution in [3.8, 4) is 11.8 Å². The van der Waals surface area contributed by atoms with Crippen LogP contribution in [0.3, 0.4) is 0 Å². The number of hydrogen-bond acceptors (Lipinski definition) is 4. The minimum Gasteiger partial charge on any atom is -0.385 e. The van der Waals surface area contributed by atoms with Crippen LogP contribution in [0.5, 0.6) is 0 Å². The average molecular weight is 367 g/mol. The third kappa shape index (κ3) is 3.10. The van der Waals surface area contributed by atoms with Crippen LogP contribution in [0.4, 0.5) is 0 Å². The van der Waals surface area contributed by atoms with Crippen LogP contribution < -0.4 is 0 Å². The molecule has 1 aromatic heterocycles. The number of carbonyl (C=O) groups excluding carboxylic acids is 2. The molecule has 0 bridgehead atoms. The van der Waals surface area contributed by atoms with Crippen molar-refractivity contribution in [2.45, 2.75) is 18.9 Å². The molecule has 130 valence electrons. The van der Waals surface area contributed by atoms with Crippen molar-refractivity contribution in [1.29, 1.82) is 0 Å². The highest BCUT2D eigenvalue weighted by atomic mass is 35.5. The third-order valence-electron chi connectivity index (χ3n) is 4.42. The van der Waals surface area contributed by atoms with Crippen molar-refractivity contribution in [2.24, 2.45) is 5.92 Å². The van der Waals surface area contributed by atoms with E-state index in [9.17, 15) is 14.7 Å². The molecule has 5 nitrogen and oxygen atoms in total. The van der Waals surface area contributed by atoms with Gasteiger partial charge in [0.1, 0.15) is 6.10 Å². The number of aromatic nitrogens is 1. The highest BCUT2D eigenvalue weighted by Gasteiger charge is 2.36. The number of rotatable bonds is 3. The maximum absolute atomic E-state index is 12.4. The number of pyridine rings is 1. The van der Waals surface area contributed by atoms with Gasteiger partial charge in [-0.05, 0) is 31.0 Å². The van der Waals surface area contributed by atoms with Gasteiger partial charge in [-0.2, -0.15) is 0 Å². The molecule has 1 aliphatic heterocycles. The number of aliphatic hydroxyl groups excluding tert-OH is 1. The second-order valence-corrected chi connectivity index (χ2v) is 6.82. The van der Waals surface area contributed by atoms with E-state index in [0.29, 0.717) is 22.6 Å². The summed E-state index contributed by atoms with van der Waals surface area (Å²) in [6, 6.07) is 8.24. The predicted molar refractivity (Wildman–Crippen MR) is 95.6 cm³/mol. The van der Waals surface area contributed by atoms with Gasteiger partial charge in [0.15, 0.2) is 0 Å². The number of β-amino-alcohol motifs (C(OH)–C–C–N with tert-alkyl or cyclic N) is 1. The number of nitrogens with zero attached hydrogens (tertiary/aromatic N) is 2. The lowest BCUT2D eigenvalue weighted by atomic mass is 10.1. The zero-order chi connectivity index (χ0) is 18.3. The molecule has 2 aliphatic rings. The SMILES string of the molecule is O=C1c2ccccc2C(=O)N1CC(O)c1ncc(C#CC2CC2)cc1Cl. The number of hydrogen-bond donors (Lipinski definition) is 1. The van der Waals surface area contributed by atoms with Gasteiger partial charge >= 0.3 is 0 Å². The van der Waals surface area contributed by atoms with Crippen molar-refractivity contribution in [1.82, 2.24) is 9.88 Å². The quantitative estimate of drug-likeness (QED) is 0.670. The number of aliphatic hydroxyl groups is 1. The van der Waals surface area contributed by atoms with Gasteiger partial charge in [0, 0.05) is 17.7 Å². The maximum atomic E-state index is 12.4. The van der Waals surface area contributed by atoms with Crippen LogP contribution >= 0.6 is 11.6 Å². The first-order valence-corrected chi connectivity index (χ1v) is 8.72. The van der Waals surface area contributed by atoms with Gasteiger partial charge in [-0.3, -0.25) is 19.5 Å². The predicted octanol–water partition coefficient (Wildman–Crippen LogP) is 2.83. The van der Waals surface area contributed by atoms with Crippen LogP contribution in [0.2, 0.25) is 5.02 Å². The third-order valence-corrected chi connectivity index (χ3v) is 4.72. The lowest BCUT2D eigenvalue weighted by Crippen LogP contribution is -2.34. The smallest absolute Gasteiger partial charge is 0.261 e. The molecule has 1 aromatic carbocycles. The molecule has 1 saturated carbocycles. The summed E-state index contributed by atoms with van der Waals surface area (Å²) in [5.74, 6) is 5.75. The van der Waals surface area contributed by atoms with Crippen molar-refractivity contribution in [3.05, 3.63) is 63.9 Å². The maximum Gasteiger partial charge on any atom is 0.261 e. The Kier molecular flexibility index (Phi) is 4.23. The van der Waals surface area contributed by atoms with E-state index in [-0.39, 0.29) is 17.3 Å². The van der Waals surface area contributed by atoms with Crippen LogP contribution in [-0.2, 0) is 0 Å². The summed E-state index contributed by atoms with van der Waals surface area (Å²) in [5, 5.41) is 10.7. The first-order valence-electron chi connectivity index (χ1n) is 8.35. The summed E-state index contributed by atoms with van der Waals surface area (Å²) in [6.45, 7) is -0.202. The van der Waals surface area contributed by atoms with E-state index in [4.69, 9.17) is 11.6 Å². The molecule has 2 heterocycles. The zero-order valence-corrected chi connectivity index (χ0v) is 14.5. The van der Waals surface area contributed by atoms with E-state index in [0.717, 1.165) is 17.7 Å². The van der Waals surface area contributed by atoms with Crippen molar-refractivity contribution in [3.63, 3.8) is 0 Å². The van der Waals surface area contributed by atoms with E-state index in [1.807, 2.05) is 0 Å². The number of imide groups is 1. The molecule has 1 unspecified atom stereocenters. The van der Waals surface area contributed by atoms with Gasteiger partial charge in [0.2, 0.25) is 0 Å². The Morgan fingerprint density at radius 3 is 2.46 bits per heavy atom. The summed E-state index contributed by atoms with van der Waals surface area (Å²) in [6.07, 6.45) is 2.63. The first-order chi connectivity index (χ1) is 12.5. The second-order valence-electron chi connectivity index (χ2n) is 6.42. The Labute approximate surface area is 155 Å². The van der Waals surface area contributed by atoms with Gasteiger partial charge in [0.05, 0.1) is 28.4 Å². The molecule has 2 amide bonds. The van der Waals surface area contributed by atoms with E-state index in [2.05, 4.69) is 16.8 Å². The number of benzene rings is 1. The highest BCUT2D eigenvalue weighted by Crippen LogP contribution is 2.29. The molecule has 1 aliphatic carbocycles. The molecule has 4 rings (SSSR count). The summed E-state index contributed by atoms with van der Waals surface area (Å²) < 4.78 is 0. The number of amides is 2. The summed E-state index contributed by atoms with van der Waals surface area (Å²) >= 11 is 6.22. The molecular weight excluding hydrogens is 352 g/mol. The molecule has 1 fully saturated rings.